The largest absolute Gasteiger partial charge is 0.390 e. The summed E-state index contributed by atoms with van der Waals surface area (Å²) >= 11 is 0. The van der Waals surface area contributed by atoms with Crippen LogP contribution in [0.25, 0.3) is 0 Å². The summed E-state index contributed by atoms with van der Waals surface area (Å²) in [5.41, 5.74) is 3.26. The summed E-state index contributed by atoms with van der Waals surface area (Å²) in [5.74, 6) is 0. The van der Waals surface area contributed by atoms with Gasteiger partial charge in [-0.2, -0.15) is 0 Å². The number of hydrogen-bond donors (Lipinski definition) is 2. The molecule has 16 heavy (non-hydrogen) atoms. The quantitative estimate of drug-likeness (QED) is 0.801. The predicted molar refractivity (Wildman–Crippen MR) is 67.9 cm³/mol. The van der Waals surface area contributed by atoms with E-state index in [-0.39, 0.29) is 0 Å². The molecule has 88 valence electrons. The third-order valence-electron chi connectivity index (χ3n) is 3.00. The Morgan fingerprint density at radius 3 is 2.88 bits per heavy atom. The van der Waals surface area contributed by atoms with Gasteiger partial charge in [0.2, 0.25) is 0 Å². The molecule has 0 amide bonds. The van der Waals surface area contributed by atoms with Gasteiger partial charge in [-0.05, 0) is 50.3 Å². The molecule has 0 unspecified atom stereocenters. The second-order valence-electron chi connectivity index (χ2n) is 5.36. The monoisotopic (exact) mass is 219 g/mol. The Bertz CT molecular complexity index is 365. The van der Waals surface area contributed by atoms with Crippen LogP contribution in [-0.2, 0) is 12.8 Å². The SMILES string of the molecule is CC(C)(O)Cc1ccc2c(c1)NCCCC2. The van der Waals surface area contributed by atoms with Crippen LogP contribution < -0.4 is 5.32 Å². The molecule has 2 N–H and O–H groups in total. The number of rotatable bonds is 2. The van der Waals surface area contributed by atoms with Crippen molar-refractivity contribution in [1.82, 2.24) is 0 Å². The van der Waals surface area contributed by atoms with Crippen LogP contribution in [0.5, 0.6) is 0 Å². The van der Waals surface area contributed by atoms with Crippen molar-refractivity contribution in [3.8, 4) is 0 Å². The molecular formula is C14H21NO. The van der Waals surface area contributed by atoms with Crippen molar-refractivity contribution in [2.75, 3.05) is 11.9 Å². The summed E-state index contributed by atoms with van der Waals surface area (Å²) in [6.45, 7) is 4.77. The Kier molecular flexibility index (Phi) is 3.20. The Hall–Kier alpha value is -1.02. The molecular weight excluding hydrogens is 198 g/mol. The molecule has 2 rings (SSSR count). The molecule has 1 aromatic carbocycles. The standard InChI is InChI=1S/C14H21NO/c1-14(2,16)10-11-6-7-12-5-3-4-8-15-13(12)9-11/h6-7,9,15-16H,3-5,8,10H2,1-2H3. The molecule has 1 aliphatic rings. The molecule has 0 atom stereocenters. The molecule has 2 nitrogen and oxygen atoms in total. The number of fused-ring (bicyclic) bond motifs is 1. The molecule has 1 aromatic rings. The first-order valence-corrected chi connectivity index (χ1v) is 6.13. The van der Waals surface area contributed by atoms with E-state index in [0.717, 1.165) is 6.54 Å². The highest BCUT2D eigenvalue weighted by Gasteiger charge is 2.15. The number of aryl methyl sites for hydroxylation is 1. The van der Waals surface area contributed by atoms with E-state index in [4.69, 9.17) is 0 Å². The summed E-state index contributed by atoms with van der Waals surface area (Å²) in [5, 5.41) is 13.3. The fourth-order valence-corrected chi connectivity index (χ4v) is 2.28. The fourth-order valence-electron chi connectivity index (χ4n) is 2.28. The third-order valence-corrected chi connectivity index (χ3v) is 3.00. The molecule has 0 saturated carbocycles. The van der Waals surface area contributed by atoms with Gasteiger partial charge in [-0.1, -0.05) is 12.1 Å². The van der Waals surface area contributed by atoms with Crippen LogP contribution in [-0.4, -0.2) is 17.3 Å². The fraction of sp³-hybridized carbons (Fsp3) is 0.571. The van der Waals surface area contributed by atoms with Gasteiger partial charge >= 0.3 is 0 Å². The van der Waals surface area contributed by atoms with E-state index in [1.807, 2.05) is 13.8 Å². The van der Waals surface area contributed by atoms with E-state index < -0.39 is 5.60 Å². The summed E-state index contributed by atoms with van der Waals surface area (Å²) in [6.07, 6.45) is 4.40. The summed E-state index contributed by atoms with van der Waals surface area (Å²) in [7, 11) is 0. The maximum Gasteiger partial charge on any atom is 0.0631 e. The molecule has 0 spiro atoms. The van der Waals surface area contributed by atoms with Crippen LogP contribution in [0.3, 0.4) is 0 Å². The van der Waals surface area contributed by atoms with Crippen LogP contribution in [0.2, 0.25) is 0 Å². The maximum atomic E-state index is 9.81. The smallest absolute Gasteiger partial charge is 0.0631 e. The van der Waals surface area contributed by atoms with E-state index in [2.05, 4.69) is 23.5 Å². The topological polar surface area (TPSA) is 32.3 Å². The van der Waals surface area contributed by atoms with E-state index >= 15 is 0 Å². The van der Waals surface area contributed by atoms with E-state index in [1.54, 1.807) is 0 Å². The van der Waals surface area contributed by atoms with Gasteiger partial charge in [0, 0.05) is 18.7 Å². The molecule has 0 fully saturated rings. The van der Waals surface area contributed by atoms with E-state index in [1.165, 1.54) is 36.1 Å². The zero-order valence-electron chi connectivity index (χ0n) is 10.2. The summed E-state index contributed by atoms with van der Waals surface area (Å²) in [4.78, 5) is 0. The Morgan fingerprint density at radius 2 is 2.12 bits per heavy atom. The maximum absolute atomic E-state index is 9.81. The van der Waals surface area contributed by atoms with Gasteiger partial charge in [0.1, 0.15) is 0 Å². The number of aliphatic hydroxyl groups is 1. The Balaban J connectivity index is 2.21. The van der Waals surface area contributed by atoms with Gasteiger partial charge < -0.3 is 10.4 Å². The van der Waals surface area contributed by atoms with Crippen molar-refractivity contribution in [1.29, 1.82) is 0 Å². The lowest BCUT2D eigenvalue weighted by atomic mass is 9.96. The zero-order valence-corrected chi connectivity index (χ0v) is 10.2. The van der Waals surface area contributed by atoms with Gasteiger partial charge in [0.05, 0.1) is 5.60 Å². The van der Waals surface area contributed by atoms with Crippen LogP contribution in [0.1, 0.15) is 37.8 Å². The predicted octanol–water partition coefficient (Wildman–Crippen LogP) is 2.75. The van der Waals surface area contributed by atoms with Gasteiger partial charge in [-0.3, -0.25) is 0 Å². The van der Waals surface area contributed by atoms with Crippen LogP contribution in [0.4, 0.5) is 5.69 Å². The Morgan fingerprint density at radius 1 is 1.31 bits per heavy atom. The minimum Gasteiger partial charge on any atom is -0.390 e. The average Bonchev–Trinajstić information content (AvgIpc) is 2.39. The van der Waals surface area contributed by atoms with Gasteiger partial charge in [-0.25, -0.2) is 0 Å². The molecule has 1 aliphatic heterocycles. The average molecular weight is 219 g/mol. The highest BCUT2D eigenvalue weighted by Crippen LogP contribution is 2.24. The Labute approximate surface area is 97.7 Å². The second kappa shape index (κ2) is 4.46. The highest BCUT2D eigenvalue weighted by molar-refractivity contribution is 5.54. The zero-order chi connectivity index (χ0) is 11.6. The van der Waals surface area contributed by atoms with Gasteiger partial charge in [0.15, 0.2) is 0 Å². The molecule has 2 heteroatoms. The van der Waals surface area contributed by atoms with Crippen molar-refractivity contribution in [2.24, 2.45) is 0 Å². The molecule has 0 saturated heterocycles. The second-order valence-corrected chi connectivity index (χ2v) is 5.36. The normalized spacial score (nSPS) is 16.2. The molecule has 0 bridgehead atoms. The minimum atomic E-state index is -0.626. The third kappa shape index (κ3) is 2.99. The van der Waals surface area contributed by atoms with E-state index in [9.17, 15) is 5.11 Å². The summed E-state index contributed by atoms with van der Waals surface area (Å²) in [6, 6.07) is 6.54. The minimum absolute atomic E-state index is 0.626. The van der Waals surface area contributed by atoms with E-state index in [0.29, 0.717) is 6.42 Å². The van der Waals surface area contributed by atoms with Crippen molar-refractivity contribution in [3.63, 3.8) is 0 Å². The lowest BCUT2D eigenvalue weighted by Crippen LogP contribution is -2.21. The van der Waals surface area contributed by atoms with Crippen LogP contribution >= 0.6 is 0 Å². The van der Waals surface area contributed by atoms with Crippen molar-refractivity contribution in [3.05, 3.63) is 29.3 Å². The molecule has 1 heterocycles. The lowest BCUT2D eigenvalue weighted by Gasteiger charge is -2.18. The number of benzene rings is 1. The van der Waals surface area contributed by atoms with Crippen LogP contribution in [0.15, 0.2) is 18.2 Å². The molecule has 0 aliphatic carbocycles. The van der Waals surface area contributed by atoms with Crippen LogP contribution in [0, 0.1) is 0 Å². The van der Waals surface area contributed by atoms with Gasteiger partial charge in [0.25, 0.3) is 0 Å². The van der Waals surface area contributed by atoms with Crippen molar-refractivity contribution < 1.29 is 5.11 Å². The number of anilines is 1. The highest BCUT2D eigenvalue weighted by atomic mass is 16.3. The van der Waals surface area contributed by atoms with Crippen molar-refractivity contribution in [2.45, 2.75) is 45.1 Å². The first kappa shape index (κ1) is 11.5. The number of nitrogens with one attached hydrogen (secondary N) is 1. The van der Waals surface area contributed by atoms with Crippen molar-refractivity contribution >= 4 is 5.69 Å². The first-order valence-electron chi connectivity index (χ1n) is 6.13. The summed E-state index contributed by atoms with van der Waals surface area (Å²) < 4.78 is 0. The molecule has 0 radical (unpaired) electrons. The van der Waals surface area contributed by atoms with Gasteiger partial charge in [-0.15, -0.1) is 0 Å². The lowest BCUT2D eigenvalue weighted by molar-refractivity contribution is 0.0810. The first-order chi connectivity index (χ1) is 7.54. The number of hydrogen-bond acceptors (Lipinski definition) is 2. The molecule has 0 aromatic heterocycles.